The number of nitrogens with one attached hydrogen (secondary N) is 1. The van der Waals surface area contributed by atoms with Crippen molar-refractivity contribution in [1.29, 1.82) is 0 Å². The molecule has 0 radical (unpaired) electrons. The first kappa shape index (κ1) is 16.8. The van der Waals surface area contributed by atoms with Crippen LogP contribution in [0.1, 0.15) is 27.2 Å². The Morgan fingerprint density at radius 3 is 2.35 bits per heavy atom. The Morgan fingerprint density at radius 1 is 1.06 bits per heavy atom. The molecule has 17 heavy (non-hydrogen) atoms. The fourth-order valence-corrected chi connectivity index (χ4v) is 1.41. The van der Waals surface area contributed by atoms with E-state index in [1.165, 1.54) is 0 Å². The van der Waals surface area contributed by atoms with Gasteiger partial charge in [0.05, 0.1) is 32.5 Å². The van der Waals surface area contributed by atoms with Crippen molar-refractivity contribution in [1.82, 2.24) is 5.32 Å². The molecule has 0 spiro atoms. The molecule has 0 aliphatic heterocycles. The molecule has 1 N–H and O–H groups in total. The van der Waals surface area contributed by atoms with Crippen LogP contribution in [0, 0.1) is 5.92 Å². The number of methoxy groups -OCH3 is 1. The molecule has 4 nitrogen and oxygen atoms in total. The van der Waals surface area contributed by atoms with Gasteiger partial charge in [-0.15, -0.1) is 0 Å². The van der Waals surface area contributed by atoms with E-state index >= 15 is 0 Å². The van der Waals surface area contributed by atoms with Crippen molar-refractivity contribution in [3.63, 3.8) is 0 Å². The van der Waals surface area contributed by atoms with Gasteiger partial charge in [0.25, 0.3) is 0 Å². The van der Waals surface area contributed by atoms with Gasteiger partial charge in [0, 0.05) is 13.7 Å². The van der Waals surface area contributed by atoms with Gasteiger partial charge in [-0.1, -0.05) is 20.8 Å². The van der Waals surface area contributed by atoms with Gasteiger partial charge in [0.1, 0.15) is 0 Å². The third kappa shape index (κ3) is 10.7. The Bertz CT molecular complexity index is 154. The number of rotatable bonds is 12. The van der Waals surface area contributed by atoms with E-state index in [0.717, 1.165) is 19.5 Å². The summed E-state index contributed by atoms with van der Waals surface area (Å²) in [6, 6.07) is 0. The summed E-state index contributed by atoms with van der Waals surface area (Å²) in [6.07, 6.45) is 1.43. The highest BCUT2D eigenvalue weighted by atomic mass is 16.5. The lowest BCUT2D eigenvalue weighted by atomic mass is 10.1. The molecule has 0 fully saturated rings. The van der Waals surface area contributed by atoms with Crippen LogP contribution in [0.3, 0.4) is 0 Å². The highest BCUT2D eigenvalue weighted by Gasteiger charge is 2.12. The summed E-state index contributed by atoms with van der Waals surface area (Å²) in [5, 5.41) is 3.39. The molecule has 1 unspecified atom stereocenters. The summed E-state index contributed by atoms with van der Waals surface area (Å²) in [7, 11) is 1.67. The van der Waals surface area contributed by atoms with Gasteiger partial charge in [-0.3, -0.25) is 0 Å². The average Bonchev–Trinajstić information content (AvgIpc) is 2.31. The van der Waals surface area contributed by atoms with E-state index in [1.54, 1.807) is 7.11 Å². The van der Waals surface area contributed by atoms with Crippen LogP contribution in [-0.4, -0.2) is 52.7 Å². The summed E-state index contributed by atoms with van der Waals surface area (Å²) in [4.78, 5) is 0. The molecule has 104 valence electrons. The zero-order valence-corrected chi connectivity index (χ0v) is 11.8. The SMILES string of the molecule is CCCNCC(OCCOCCOC)C(C)C. The second-order valence-corrected chi connectivity index (χ2v) is 4.46. The first-order chi connectivity index (χ1) is 8.22. The lowest BCUT2D eigenvalue weighted by Gasteiger charge is -2.22. The Balaban J connectivity index is 3.49. The number of hydrogen-bond acceptors (Lipinski definition) is 4. The van der Waals surface area contributed by atoms with Crippen LogP contribution in [0.5, 0.6) is 0 Å². The van der Waals surface area contributed by atoms with E-state index in [2.05, 4.69) is 26.1 Å². The van der Waals surface area contributed by atoms with Crippen molar-refractivity contribution in [3.8, 4) is 0 Å². The van der Waals surface area contributed by atoms with Crippen LogP contribution >= 0.6 is 0 Å². The fraction of sp³-hybridized carbons (Fsp3) is 1.00. The van der Waals surface area contributed by atoms with Crippen molar-refractivity contribution < 1.29 is 14.2 Å². The zero-order chi connectivity index (χ0) is 12.9. The molecular formula is C13H29NO3. The Morgan fingerprint density at radius 2 is 1.76 bits per heavy atom. The van der Waals surface area contributed by atoms with E-state index < -0.39 is 0 Å². The lowest BCUT2D eigenvalue weighted by Crippen LogP contribution is -2.34. The van der Waals surface area contributed by atoms with Crippen LogP contribution < -0.4 is 5.32 Å². The molecule has 0 aromatic rings. The smallest absolute Gasteiger partial charge is 0.0723 e. The second-order valence-electron chi connectivity index (χ2n) is 4.46. The molecule has 0 rings (SSSR count). The molecule has 0 aromatic carbocycles. The van der Waals surface area contributed by atoms with Gasteiger partial charge < -0.3 is 19.5 Å². The maximum atomic E-state index is 5.80. The largest absolute Gasteiger partial charge is 0.382 e. The molecule has 0 saturated heterocycles. The highest BCUT2D eigenvalue weighted by Crippen LogP contribution is 2.05. The third-order valence-corrected chi connectivity index (χ3v) is 2.51. The van der Waals surface area contributed by atoms with Crippen LogP contribution in [0.2, 0.25) is 0 Å². The predicted octanol–water partition coefficient (Wildman–Crippen LogP) is 1.69. The molecule has 0 aliphatic carbocycles. The average molecular weight is 247 g/mol. The Kier molecular flexibility index (Phi) is 12.2. The first-order valence-corrected chi connectivity index (χ1v) is 6.61. The van der Waals surface area contributed by atoms with Crippen LogP contribution in [-0.2, 0) is 14.2 Å². The maximum absolute atomic E-state index is 5.80. The molecular weight excluding hydrogens is 218 g/mol. The second kappa shape index (κ2) is 12.3. The van der Waals surface area contributed by atoms with Crippen molar-refractivity contribution >= 4 is 0 Å². The predicted molar refractivity (Wildman–Crippen MR) is 70.4 cm³/mol. The normalized spacial score (nSPS) is 13.2. The van der Waals surface area contributed by atoms with Crippen molar-refractivity contribution in [2.75, 3.05) is 46.6 Å². The van der Waals surface area contributed by atoms with Crippen LogP contribution in [0.15, 0.2) is 0 Å². The standard InChI is InChI=1S/C13H29NO3/c1-5-6-14-11-13(12(2)3)17-10-9-16-8-7-15-4/h12-14H,5-11H2,1-4H3. The minimum absolute atomic E-state index is 0.271. The van der Waals surface area contributed by atoms with Gasteiger partial charge in [0.15, 0.2) is 0 Å². The van der Waals surface area contributed by atoms with Gasteiger partial charge in [-0.25, -0.2) is 0 Å². The molecule has 0 saturated carbocycles. The quantitative estimate of drug-likeness (QED) is 0.533. The summed E-state index contributed by atoms with van der Waals surface area (Å²) in [5.41, 5.74) is 0. The fourth-order valence-electron chi connectivity index (χ4n) is 1.41. The summed E-state index contributed by atoms with van der Waals surface area (Å²) < 4.78 is 16.1. The van der Waals surface area contributed by atoms with E-state index in [4.69, 9.17) is 14.2 Å². The van der Waals surface area contributed by atoms with E-state index in [-0.39, 0.29) is 6.10 Å². The lowest BCUT2D eigenvalue weighted by molar-refractivity contribution is -0.0215. The number of ether oxygens (including phenoxy) is 3. The zero-order valence-electron chi connectivity index (χ0n) is 11.8. The Labute approximate surface area is 106 Å². The molecule has 0 aromatic heterocycles. The van der Waals surface area contributed by atoms with Gasteiger partial charge in [-0.05, 0) is 18.9 Å². The van der Waals surface area contributed by atoms with Gasteiger partial charge >= 0.3 is 0 Å². The van der Waals surface area contributed by atoms with Crippen molar-refractivity contribution in [2.45, 2.75) is 33.3 Å². The molecule has 4 heteroatoms. The highest BCUT2D eigenvalue weighted by molar-refractivity contribution is 4.65. The van der Waals surface area contributed by atoms with Gasteiger partial charge in [0.2, 0.25) is 0 Å². The molecule has 0 aliphatic rings. The number of hydrogen-bond donors (Lipinski definition) is 1. The minimum Gasteiger partial charge on any atom is -0.382 e. The minimum atomic E-state index is 0.271. The van der Waals surface area contributed by atoms with Crippen LogP contribution in [0.4, 0.5) is 0 Å². The van der Waals surface area contributed by atoms with E-state index in [0.29, 0.717) is 32.3 Å². The summed E-state index contributed by atoms with van der Waals surface area (Å²) in [5.74, 6) is 0.526. The topological polar surface area (TPSA) is 39.7 Å². The van der Waals surface area contributed by atoms with Gasteiger partial charge in [-0.2, -0.15) is 0 Å². The summed E-state index contributed by atoms with van der Waals surface area (Å²) >= 11 is 0. The van der Waals surface area contributed by atoms with Crippen LogP contribution in [0.25, 0.3) is 0 Å². The monoisotopic (exact) mass is 247 g/mol. The third-order valence-electron chi connectivity index (χ3n) is 2.51. The van der Waals surface area contributed by atoms with E-state index in [1.807, 2.05) is 0 Å². The maximum Gasteiger partial charge on any atom is 0.0723 e. The summed E-state index contributed by atoms with van der Waals surface area (Å²) in [6.45, 7) is 11.1. The Hall–Kier alpha value is -0.160. The molecule has 1 atom stereocenters. The van der Waals surface area contributed by atoms with Crippen molar-refractivity contribution in [3.05, 3.63) is 0 Å². The molecule has 0 heterocycles. The van der Waals surface area contributed by atoms with Crippen molar-refractivity contribution in [2.24, 2.45) is 5.92 Å². The molecule has 0 amide bonds. The van der Waals surface area contributed by atoms with E-state index in [9.17, 15) is 0 Å². The molecule has 0 bridgehead atoms. The first-order valence-electron chi connectivity index (χ1n) is 6.61.